The molecule has 4 N–H and O–H groups in total. The highest BCUT2D eigenvalue weighted by molar-refractivity contribution is 6.03. The van der Waals surface area contributed by atoms with E-state index in [9.17, 15) is 9.59 Å². The van der Waals surface area contributed by atoms with Gasteiger partial charge in [-0.2, -0.15) is 0 Å². The molecule has 0 atom stereocenters. The minimum absolute atomic E-state index is 0.0317. The normalized spacial score (nSPS) is 15.3. The third-order valence-corrected chi connectivity index (χ3v) is 3.03. The lowest BCUT2D eigenvalue weighted by molar-refractivity contribution is -0.133. The summed E-state index contributed by atoms with van der Waals surface area (Å²) in [4.78, 5) is 27.4. The molecule has 22 heavy (non-hydrogen) atoms. The third kappa shape index (κ3) is 2.16. The van der Waals surface area contributed by atoms with Gasteiger partial charge in [-0.3, -0.25) is 0 Å². The van der Waals surface area contributed by atoms with Crippen molar-refractivity contribution in [2.45, 2.75) is 0 Å². The zero-order valence-corrected chi connectivity index (χ0v) is 11.5. The van der Waals surface area contributed by atoms with Crippen LogP contribution in [0.25, 0.3) is 10.9 Å². The average Bonchev–Trinajstić information content (AvgIpc) is 2.47. The summed E-state index contributed by atoms with van der Waals surface area (Å²) in [6, 6.07) is 3.11. The van der Waals surface area contributed by atoms with Crippen LogP contribution in [0, 0.1) is 0 Å². The van der Waals surface area contributed by atoms with Crippen LogP contribution in [0.5, 0.6) is 17.2 Å². The minimum Gasteiger partial charge on any atom is -0.497 e. The van der Waals surface area contributed by atoms with Crippen LogP contribution < -0.4 is 25.7 Å². The van der Waals surface area contributed by atoms with Gasteiger partial charge in [0, 0.05) is 18.2 Å². The summed E-state index contributed by atoms with van der Waals surface area (Å²) in [7, 11) is 1.46. The Morgan fingerprint density at radius 2 is 1.68 bits per heavy atom. The lowest BCUT2D eigenvalue weighted by Gasteiger charge is -2.16. The van der Waals surface area contributed by atoms with Gasteiger partial charge in [-0.1, -0.05) is 0 Å². The number of methoxy groups -OCH3 is 1. The van der Waals surface area contributed by atoms with E-state index in [1.807, 2.05) is 0 Å². The molecule has 1 aliphatic heterocycles. The van der Waals surface area contributed by atoms with E-state index in [-0.39, 0.29) is 23.0 Å². The molecule has 0 saturated carbocycles. The molecule has 0 fully saturated rings. The standard InChI is InChI=1S/C14H11N3O5/c1-20-6-4-7-11(8(15)5-6)17-14(16)13-12(7)21-9(18)2-3-10(19)22-13/h2-5H,15H2,1H3,(H2,16,17)/b3-2-. The summed E-state index contributed by atoms with van der Waals surface area (Å²) >= 11 is 0. The molecule has 0 radical (unpaired) electrons. The first-order chi connectivity index (χ1) is 10.5. The second-order valence-electron chi connectivity index (χ2n) is 4.44. The molecule has 0 bridgehead atoms. The van der Waals surface area contributed by atoms with Gasteiger partial charge in [-0.15, -0.1) is 0 Å². The summed E-state index contributed by atoms with van der Waals surface area (Å²) in [6.07, 6.45) is 1.89. The first-order valence-corrected chi connectivity index (χ1v) is 6.18. The van der Waals surface area contributed by atoms with Gasteiger partial charge in [-0.05, 0) is 6.07 Å². The van der Waals surface area contributed by atoms with Crippen LogP contribution in [0.3, 0.4) is 0 Å². The largest absolute Gasteiger partial charge is 0.497 e. The Balaban J connectivity index is 2.37. The molecule has 1 aromatic carbocycles. The van der Waals surface area contributed by atoms with E-state index in [0.717, 1.165) is 12.2 Å². The molecular formula is C14H11N3O5. The molecule has 0 unspecified atom stereocenters. The number of nitrogens with two attached hydrogens (primary N) is 2. The SMILES string of the molecule is COc1cc(N)c2nc(N)c3c(c2c1)OC(=O)/C=C\C(=O)O3. The van der Waals surface area contributed by atoms with E-state index in [0.29, 0.717) is 16.7 Å². The number of hydrogen-bond acceptors (Lipinski definition) is 8. The van der Waals surface area contributed by atoms with Crippen molar-refractivity contribution in [3.63, 3.8) is 0 Å². The van der Waals surface area contributed by atoms with Crippen molar-refractivity contribution in [1.82, 2.24) is 4.98 Å². The van der Waals surface area contributed by atoms with Gasteiger partial charge in [0.05, 0.1) is 23.7 Å². The quantitative estimate of drug-likeness (QED) is 0.584. The second kappa shape index (κ2) is 4.92. The molecule has 1 aromatic heterocycles. The summed E-state index contributed by atoms with van der Waals surface area (Å²) in [5.41, 5.74) is 12.3. The van der Waals surface area contributed by atoms with Crippen molar-refractivity contribution in [2.24, 2.45) is 0 Å². The van der Waals surface area contributed by atoms with Crippen LogP contribution in [-0.4, -0.2) is 24.0 Å². The van der Waals surface area contributed by atoms with Crippen LogP contribution in [0.2, 0.25) is 0 Å². The van der Waals surface area contributed by atoms with Gasteiger partial charge < -0.3 is 25.7 Å². The maximum absolute atomic E-state index is 11.7. The summed E-state index contributed by atoms with van der Waals surface area (Å²) in [5.74, 6) is -1.36. The van der Waals surface area contributed by atoms with Gasteiger partial charge in [0.1, 0.15) is 5.75 Å². The third-order valence-electron chi connectivity index (χ3n) is 3.03. The number of carbonyl (C=O) groups is 2. The number of ether oxygens (including phenoxy) is 3. The van der Waals surface area contributed by atoms with E-state index in [4.69, 9.17) is 25.7 Å². The Kier molecular flexibility index (Phi) is 3.06. The monoisotopic (exact) mass is 301 g/mol. The first kappa shape index (κ1) is 13.7. The summed E-state index contributed by atoms with van der Waals surface area (Å²) in [6.45, 7) is 0. The maximum atomic E-state index is 11.7. The molecule has 0 spiro atoms. The zero-order valence-electron chi connectivity index (χ0n) is 11.5. The van der Waals surface area contributed by atoms with E-state index in [1.54, 1.807) is 12.1 Å². The minimum atomic E-state index is -0.762. The Morgan fingerprint density at radius 3 is 2.32 bits per heavy atom. The number of esters is 2. The van der Waals surface area contributed by atoms with Crippen molar-refractivity contribution < 1.29 is 23.8 Å². The molecule has 2 aromatic rings. The lowest BCUT2D eigenvalue weighted by atomic mass is 10.1. The fourth-order valence-corrected chi connectivity index (χ4v) is 2.06. The smallest absolute Gasteiger partial charge is 0.336 e. The Labute approximate surface area is 124 Å². The Bertz CT molecular complexity index is 844. The van der Waals surface area contributed by atoms with Crippen LogP contribution >= 0.6 is 0 Å². The molecule has 1 aliphatic rings. The number of carbonyl (C=O) groups excluding carboxylic acids is 2. The van der Waals surface area contributed by atoms with Gasteiger partial charge in [0.25, 0.3) is 0 Å². The number of benzene rings is 1. The predicted molar refractivity (Wildman–Crippen MR) is 77.5 cm³/mol. The number of anilines is 2. The van der Waals surface area contributed by atoms with E-state index in [2.05, 4.69) is 4.98 Å². The Morgan fingerprint density at radius 1 is 1.05 bits per heavy atom. The fraction of sp³-hybridized carbons (Fsp3) is 0.0714. The molecule has 0 aliphatic carbocycles. The van der Waals surface area contributed by atoms with E-state index >= 15 is 0 Å². The van der Waals surface area contributed by atoms with E-state index in [1.165, 1.54) is 7.11 Å². The number of pyridine rings is 1. The molecule has 3 rings (SSSR count). The highest BCUT2D eigenvalue weighted by atomic mass is 16.6. The number of hydrogen-bond donors (Lipinski definition) is 2. The van der Waals surface area contributed by atoms with Gasteiger partial charge >= 0.3 is 11.9 Å². The molecule has 8 heteroatoms. The number of nitrogens with zero attached hydrogens (tertiary/aromatic N) is 1. The molecule has 0 saturated heterocycles. The molecule has 0 amide bonds. The highest BCUT2D eigenvalue weighted by Crippen LogP contribution is 2.42. The topological polar surface area (TPSA) is 127 Å². The lowest BCUT2D eigenvalue weighted by Crippen LogP contribution is -2.15. The van der Waals surface area contributed by atoms with Crippen LogP contribution in [0.15, 0.2) is 24.3 Å². The molecular weight excluding hydrogens is 290 g/mol. The average molecular weight is 301 g/mol. The highest BCUT2D eigenvalue weighted by Gasteiger charge is 2.24. The zero-order chi connectivity index (χ0) is 15.9. The second-order valence-corrected chi connectivity index (χ2v) is 4.44. The molecule has 8 nitrogen and oxygen atoms in total. The fourth-order valence-electron chi connectivity index (χ4n) is 2.06. The van der Waals surface area contributed by atoms with Crippen molar-refractivity contribution in [3.8, 4) is 17.2 Å². The number of rotatable bonds is 1. The van der Waals surface area contributed by atoms with Gasteiger partial charge in [0.15, 0.2) is 11.6 Å². The van der Waals surface area contributed by atoms with Crippen molar-refractivity contribution in [2.75, 3.05) is 18.6 Å². The number of fused-ring (bicyclic) bond motifs is 3. The van der Waals surface area contributed by atoms with Crippen molar-refractivity contribution in [1.29, 1.82) is 0 Å². The first-order valence-electron chi connectivity index (χ1n) is 6.18. The Hall–Kier alpha value is -3.29. The van der Waals surface area contributed by atoms with Crippen molar-refractivity contribution >= 4 is 34.3 Å². The van der Waals surface area contributed by atoms with Crippen LogP contribution in [0.1, 0.15) is 0 Å². The molecule has 2 heterocycles. The van der Waals surface area contributed by atoms with Gasteiger partial charge in [-0.25, -0.2) is 14.6 Å². The number of nitrogen functional groups attached to an aromatic ring is 2. The van der Waals surface area contributed by atoms with Crippen LogP contribution in [0.4, 0.5) is 11.5 Å². The van der Waals surface area contributed by atoms with Crippen LogP contribution in [-0.2, 0) is 9.59 Å². The summed E-state index contributed by atoms with van der Waals surface area (Å²) in [5, 5.41) is 0.345. The molecule has 112 valence electrons. The van der Waals surface area contributed by atoms with E-state index < -0.39 is 11.9 Å². The van der Waals surface area contributed by atoms with Gasteiger partial charge in [0.2, 0.25) is 5.75 Å². The predicted octanol–water partition coefficient (Wildman–Crippen LogP) is 0.788. The number of aromatic nitrogens is 1. The maximum Gasteiger partial charge on any atom is 0.336 e. The summed E-state index contributed by atoms with van der Waals surface area (Å²) < 4.78 is 15.4. The van der Waals surface area contributed by atoms with Crippen molar-refractivity contribution in [3.05, 3.63) is 24.3 Å².